The first-order valence-corrected chi connectivity index (χ1v) is 12.3. The number of hydrogen-bond acceptors (Lipinski definition) is 7. The molecule has 0 amide bonds. The van der Waals surface area contributed by atoms with Gasteiger partial charge < -0.3 is 10.6 Å². The van der Waals surface area contributed by atoms with Crippen LogP contribution < -0.4 is 27.4 Å². The average Bonchev–Trinajstić information content (AvgIpc) is 3.24. The first-order valence-electron chi connectivity index (χ1n) is 12.3. The molecule has 4 aromatic rings. The Morgan fingerprint density at radius 1 is 1.17 bits per heavy atom. The molecule has 0 fully saturated rings. The molecule has 0 aliphatic carbocycles. The van der Waals surface area contributed by atoms with Crippen molar-refractivity contribution in [3.05, 3.63) is 60.8 Å². The van der Waals surface area contributed by atoms with Gasteiger partial charge in [0.2, 0.25) is 5.78 Å². The molecule has 1 aromatic carbocycles. The number of hydrogen-bond donors (Lipinski definition) is 2. The summed E-state index contributed by atoms with van der Waals surface area (Å²) in [6, 6.07) is 5.67. The number of benzene rings is 1. The van der Waals surface area contributed by atoms with Crippen molar-refractivity contribution in [2.75, 3.05) is 17.2 Å². The maximum Gasteiger partial charge on any atom is 0.330 e. The second-order valence-corrected chi connectivity index (χ2v) is 9.74. The van der Waals surface area contributed by atoms with Crippen molar-refractivity contribution in [2.24, 2.45) is 13.0 Å². The van der Waals surface area contributed by atoms with Crippen LogP contribution in [0.15, 0.2) is 32.6 Å². The van der Waals surface area contributed by atoms with Crippen molar-refractivity contribution in [1.82, 2.24) is 28.7 Å². The topological polar surface area (TPSA) is 136 Å². The third-order valence-corrected chi connectivity index (χ3v) is 6.52. The molecule has 0 spiro atoms. The Hall–Kier alpha value is -3.89. The molecule has 4 rings (SSSR count). The van der Waals surface area contributed by atoms with E-state index in [1.165, 1.54) is 9.13 Å². The van der Waals surface area contributed by atoms with E-state index in [-0.39, 0.29) is 23.6 Å². The third-order valence-electron chi connectivity index (χ3n) is 6.52. The molecule has 11 heteroatoms. The zero-order valence-corrected chi connectivity index (χ0v) is 21.5. The van der Waals surface area contributed by atoms with Crippen LogP contribution in [-0.4, -0.2) is 35.3 Å². The highest BCUT2D eigenvalue weighted by atomic mass is 16.2. The number of rotatable bonds is 9. The predicted molar refractivity (Wildman–Crippen MR) is 142 cm³/mol. The molecule has 3 heterocycles. The number of aromatic amines is 1. The predicted octanol–water partition coefficient (Wildman–Crippen LogP) is 2.17. The minimum absolute atomic E-state index is 0.141. The first-order chi connectivity index (χ1) is 17.1. The summed E-state index contributed by atoms with van der Waals surface area (Å²) in [5, 5.41) is 9.25. The molecule has 0 bridgehead atoms. The quantitative estimate of drug-likeness (QED) is 0.364. The van der Waals surface area contributed by atoms with Crippen LogP contribution in [0.1, 0.15) is 51.4 Å². The van der Waals surface area contributed by atoms with Gasteiger partial charge in [0.15, 0.2) is 5.82 Å². The fraction of sp³-hybridized carbons (Fsp3) is 0.480. The number of nitrogen functional groups attached to an aromatic ring is 1. The Balaban J connectivity index is 1.90. The molecule has 0 saturated carbocycles. The Morgan fingerprint density at radius 2 is 1.92 bits per heavy atom. The van der Waals surface area contributed by atoms with Gasteiger partial charge in [-0.1, -0.05) is 38.8 Å². The maximum absolute atomic E-state index is 13.0. The monoisotopic (exact) mass is 494 g/mol. The average molecular weight is 495 g/mol. The maximum atomic E-state index is 13.0. The summed E-state index contributed by atoms with van der Waals surface area (Å²) in [4.78, 5) is 42.8. The van der Waals surface area contributed by atoms with E-state index in [0.29, 0.717) is 41.5 Å². The molecule has 36 heavy (non-hydrogen) atoms. The summed E-state index contributed by atoms with van der Waals surface area (Å²) in [6.07, 6.45) is 2.44. The van der Waals surface area contributed by atoms with Gasteiger partial charge in [-0.3, -0.25) is 28.1 Å². The summed E-state index contributed by atoms with van der Waals surface area (Å²) in [6.45, 7) is 9.33. The van der Waals surface area contributed by atoms with Gasteiger partial charge in [0, 0.05) is 20.1 Å². The number of aromatic nitrogens is 6. The second-order valence-electron chi connectivity index (χ2n) is 9.74. The van der Waals surface area contributed by atoms with E-state index in [0.717, 1.165) is 24.8 Å². The lowest BCUT2D eigenvalue weighted by Crippen LogP contribution is -2.39. The molecule has 0 aliphatic rings. The Labute approximate surface area is 208 Å². The molecule has 192 valence electrons. The van der Waals surface area contributed by atoms with Crippen LogP contribution >= 0.6 is 0 Å². The lowest BCUT2D eigenvalue weighted by atomic mass is 10.1. The summed E-state index contributed by atoms with van der Waals surface area (Å²) < 4.78 is 4.74. The zero-order chi connectivity index (χ0) is 26.1. The van der Waals surface area contributed by atoms with E-state index in [1.54, 1.807) is 7.05 Å². The number of nitrogens with two attached hydrogens (primary N) is 1. The van der Waals surface area contributed by atoms with Gasteiger partial charge in [-0.05, 0) is 37.8 Å². The molecule has 0 unspecified atom stereocenters. The van der Waals surface area contributed by atoms with Gasteiger partial charge in [-0.15, -0.1) is 10.2 Å². The van der Waals surface area contributed by atoms with Gasteiger partial charge in [-0.2, -0.15) is 0 Å². The first kappa shape index (κ1) is 25.2. The number of H-pyrrole nitrogens is 1. The number of unbranched alkanes of at least 4 members (excludes halogenated alkanes) is 1. The molecule has 0 aliphatic heterocycles. The van der Waals surface area contributed by atoms with Crippen molar-refractivity contribution in [3.8, 4) is 0 Å². The van der Waals surface area contributed by atoms with Crippen LogP contribution in [0.5, 0.6) is 0 Å². The number of nitrogens with zero attached hydrogens (tertiary/aromatic N) is 6. The molecule has 0 radical (unpaired) electrons. The lowest BCUT2D eigenvalue weighted by molar-refractivity contribution is 0.561. The van der Waals surface area contributed by atoms with Crippen LogP contribution in [0.4, 0.5) is 11.5 Å². The molecule has 0 saturated heterocycles. The normalized spacial score (nSPS) is 11.7. The van der Waals surface area contributed by atoms with E-state index in [2.05, 4.69) is 29.0 Å². The number of anilines is 2. The number of fused-ring (bicyclic) bond motifs is 3. The fourth-order valence-electron chi connectivity index (χ4n) is 4.44. The molecule has 3 N–H and O–H groups in total. The number of nitrogens with one attached hydrogen (secondary N) is 1. The summed E-state index contributed by atoms with van der Waals surface area (Å²) in [7, 11) is 1.67. The molecule has 11 nitrogen and oxygen atoms in total. The minimum Gasteiger partial charge on any atom is -0.383 e. The Morgan fingerprint density at radius 3 is 2.61 bits per heavy atom. The standard InChI is InChI=1S/C25H34N8O3/c1-6-7-11-32-21(26)20(22(34)27-25(32)36)31(12-10-15(2)3)14-19-28-29-24-30(5)23(35)17-13-16(4)8-9-18(17)33(19)24/h8-9,13,15H,6-7,10-12,14,26H2,1-5H3,(H,27,34,36). The van der Waals surface area contributed by atoms with Crippen LogP contribution in [0.25, 0.3) is 16.7 Å². The van der Waals surface area contributed by atoms with E-state index in [4.69, 9.17) is 5.73 Å². The van der Waals surface area contributed by atoms with Crippen LogP contribution in [0, 0.1) is 12.8 Å². The smallest absolute Gasteiger partial charge is 0.330 e. The van der Waals surface area contributed by atoms with E-state index in [9.17, 15) is 14.4 Å². The molecule has 3 aromatic heterocycles. The molecular weight excluding hydrogens is 460 g/mol. The minimum atomic E-state index is -0.532. The fourth-order valence-corrected chi connectivity index (χ4v) is 4.44. The second kappa shape index (κ2) is 10.00. The van der Waals surface area contributed by atoms with Gasteiger partial charge in [0.1, 0.15) is 11.5 Å². The van der Waals surface area contributed by atoms with Gasteiger partial charge in [0.25, 0.3) is 11.1 Å². The lowest BCUT2D eigenvalue weighted by Gasteiger charge is -2.26. The van der Waals surface area contributed by atoms with Crippen LogP contribution in [0.2, 0.25) is 0 Å². The summed E-state index contributed by atoms with van der Waals surface area (Å²) >= 11 is 0. The van der Waals surface area contributed by atoms with Gasteiger partial charge in [-0.25, -0.2) is 4.79 Å². The Kier molecular flexibility index (Phi) is 7.00. The highest BCUT2D eigenvalue weighted by Crippen LogP contribution is 2.22. The van der Waals surface area contributed by atoms with Crippen molar-refractivity contribution >= 4 is 28.2 Å². The van der Waals surface area contributed by atoms with Gasteiger partial charge >= 0.3 is 5.69 Å². The summed E-state index contributed by atoms with van der Waals surface area (Å²) in [5.41, 5.74) is 7.15. The van der Waals surface area contributed by atoms with Crippen LogP contribution in [0.3, 0.4) is 0 Å². The van der Waals surface area contributed by atoms with Crippen molar-refractivity contribution in [2.45, 2.75) is 60.0 Å². The molecular formula is C25H34N8O3. The zero-order valence-electron chi connectivity index (χ0n) is 21.5. The highest BCUT2D eigenvalue weighted by molar-refractivity contribution is 5.81. The third kappa shape index (κ3) is 4.52. The largest absolute Gasteiger partial charge is 0.383 e. The molecule has 0 atom stereocenters. The van der Waals surface area contributed by atoms with E-state index < -0.39 is 11.2 Å². The van der Waals surface area contributed by atoms with Crippen molar-refractivity contribution < 1.29 is 0 Å². The van der Waals surface area contributed by atoms with Gasteiger partial charge in [0.05, 0.1) is 17.4 Å². The Bertz CT molecular complexity index is 1590. The van der Waals surface area contributed by atoms with Crippen LogP contribution in [-0.2, 0) is 20.1 Å². The van der Waals surface area contributed by atoms with E-state index in [1.807, 2.05) is 41.3 Å². The number of aryl methyl sites for hydroxylation is 2. The van der Waals surface area contributed by atoms with Crippen molar-refractivity contribution in [1.29, 1.82) is 0 Å². The van der Waals surface area contributed by atoms with Crippen molar-refractivity contribution in [3.63, 3.8) is 0 Å². The van der Waals surface area contributed by atoms with E-state index >= 15 is 0 Å². The SMILES string of the molecule is CCCCn1c(N)c(N(CCC(C)C)Cc2nnc3n(C)c(=O)c4cc(C)ccc4n23)c(=O)[nH]c1=O. The highest BCUT2D eigenvalue weighted by Gasteiger charge is 2.23. The summed E-state index contributed by atoms with van der Waals surface area (Å²) in [5.74, 6) is 1.48.